The van der Waals surface area contributed by atoms with Crippen LogP contribution >= 0.6 is 28.1 Å². The lowest BCUT2D eigenvalue weighted by Gasteiger charge is -2.14. The van der Waals surface area contributed by atoms with Gasteiger partial charge in [-0.1, -0.05) is 0 Å². The number of nitrogens with one attached hydrogen (secondary N) is 3. The van der Waals surface area contributed by atoms with E-state index in [1.807, 2.05) is 0 Å². The molecule has 0 radical (unpaired) electrons. The Hall–Kier alpha value is -1.81. The van der Waals surface area contributed by atoms with Gasteiger partial charge in [0, 0.05) is 10.7 Å². The predicted molar refractivity (Wildman–Crippen MR) is 91.2 cm³/mol. The fourth-order valence-electron chi connectivity index (χ4n) is 1.45. The molecule has 1 unspecified atom stereocenters. The Kier molecular flexibility index (Phi) is 7.83. The first kappa shape index (κ1) is 19.2. The van der Waals surface area contributed by atoms with Crippen LogP contribution in [0.3, 0.4) is 0 Å². The minimum atomic E-state index is -0.723. The molecule has 0 saturated heterocycles. The molecule has 1 aromatic rings. The predicted octanol–water partition coefficient (Wildman–Crippen LogP) is 2.37. The molecule has 0 spiro atoms. The summed E-state index contributed by atoms with van der Waals surface area (Å²) < 4.78 is 17.8. The summed E-state index contributed by atoms with van der Waals surface area (Å²) in [5.74, 6) is -0.399. The third-order valence-electron chi connectivity index (χ3n) is 2.43. The van der Waals surface area contributed by atoms with Crippen LogP contribution in [0.25, 0.3) is 0 Å². The van der Waals surface area contributed by atoms with Crippen LogP contribution in [0, 0.1) is 0 Å². The molecule has 1 aromatic heterocycles. The Morgan fingerprint density at radius 2 is 2.22 bits per heavy atom. The summed E-state index contributed by atoms with van der Waals surface area (Å²) in [7, 11) is 0. The van der Waals surface area contributed by atoms with Crippen LogP contribution in [0.5, 0.6) is 0 Å². The standard InChI is InChI=1S/C13H16BrFN4O3S/c1-3-22-13(21)19-12(23)18-10-9(4-8(14)6-16-10)11(20)17-7(2)5-15/h4,6-7H,3,5H2,1-2H3,(H,17,20)(H2,16,18,19,21,23). The summed E-state index contributed by atoms with van der Waals surface area (Å²) in [5, 5.41) is 7.31. The highest BCUT2D eigenvalue weighted by Crippen LogP contribution is 2.18. The molecule has 1 heterocycles. The second-order valence-corrected chi connectivity index (χ2v) is 5.70. The van der Waals surface area contributed by atoms with Crippen molar-refractivity contribution < 1.29 is 18.7 Å². The number of pyridine rings is 1. The van der Waals surface area contributed by atoms with Crippen molar-refractivity contribution in [3.05, 3.63) is 22.3 Å². The second kappa shape index (κ2) is 9.36. The molecule has 2 amide bonds. The maximum atomic E-state index is 12.5. The third kappa shape index (κ3) is 6.45. The zero-order valence-corrected chi connectivity index (χ0v) is 14.9. The zero-order chi connectivity index (χ0) is 17.4. The average molecular weight is 407 g/mol. The van der Waals surface area contributed by atoms with Gasteiger partial charge in [-0.05, 0) is 48.1 Å². The van der Waals surface area contributed by atoms with Gasteiger partial charge in [0.25, 0.3) is 5.91 Å². The van der Waals surface area contributed by atoms with Crippen molar-refractivity contribution in [2.75, 3.05) is 18.6 Å². The first-order valence-corrected chi connectivity index (χ1v) is 7.84. The molecule has 0 aliphatic rings. The van der Waals surface area contributed by atoms with Crippen molar-refractivity contribution in [2.24, 2.45) is 0 Å². The Balaban J connectivity index is 2.88. The van der Waals surface area contributed by atoms with Gasteiger partial charge in [0.1, 0.15) is 12.5 Å². The highest BCUT2D eigenvalue weighted by atomic mass is 79.9. The van der Waals surface area contributed by atoms with Gasteiger partial charge in [0.2, 0.25) is 0 Å². The van der Waals surface area contributed by atoms with Crippen LogP contribution in [0.4, 0.5) is 15.0 Å². The van der Waals surface area contributed by atoms with Crippen molar-refractivity contribution in [2.45, 2.75) is 19.9 Å². The van der Waals surface area contributed by atoms with Crippen molar-refractivity contribution >= 4 is 51.1 Å². The SMILES string of the molecule is CCOC(=O)NC(=S)Nc1ncc(Br)cc1C(=O)NC(C)CF. The largest absolute Gasteiger partial charge is 0.450 e. The van der Waals surface area contributed by atoms with Crippen molar-refractivity contribution in [3.8, 4) is 0 Å². The fourth-order valence-corrected chi connectivity index (χ4v) is 1.96. The normalized spacial score (nSPS) is 11.3. The third-order valence-corrected chi connectivity index (χ3v) is 3.07. The number of rotatable bonds is 5. The minimum Gasteiger partial charge on any atom is -0.450 e. The van der Waals surface area contributed by atoms with Crippen LogP contribution in [-0.2, 0) is 4.74 Å². The number of halogens is 2. The molecule has 0 fully saturated rings. The Morgan fingerprint density at radius 1 is 1.52 bits per heavy atom. The Labute approximate surface area is 146 Å². The van der Waals surface area contributed by atoms with E-state index >= 15 is 0 Å². The van der Waals surface area contributed by atoms with E-state index in [-0.39, 0.29) is 23.1 Å². The van der Waals surface area contributed by atoms with E-state index in [2.05, 4.69) is 41.6 Å². The number of nitrogens with zero attached hydrogens (tertiary/aromatic N) is 1. The van der Waals surface area contributed by atoms with E-state index in [1.54, 1.807) is 6.92 Å². The molecule has 7 nitrogen and oxygen atoms in total. The number of hydrogen-bond donors (Lipinski definition) is 3. The number of ether oxygens (including phenoxy) is 1. The van der Waals surface area contributed by atoms with Gasteiger partial charge in [0.05, 0.1) is 18.2 Å². The molecule has 0 saturated carbocycles. The smallest absolute Gasteiger partial charge is 0.413 e. The zero-order valence-electron chi connectivity index (χ0n) is 12.5. The maximum Gasteiger partial charge on any atom is 0.413 e. The monoisotopic (exact) mass is 406 g/mol. The summed E-state index contributed by atoms with van der Waals surface area (Å²) in [6.45, 7) is 2.68. The van der Waals surface area contributed by atoms with Crippen LogP contribution in [-0.4, -0.2) is 41.4 Å². The van der Waals surface area contributed by atoms with Crippen molar-refractivity contribution in [3.63, 3.8) is 0 Å². The van der Waals surface area contributed by atoms with Crippen LogP contribution in [0.15, 0.2) is 16.7 Å². The van der Waals surface area contributed by atoms with Crippen molar-refractivity contribution in [1.29, 1.82) is 0 Å². The minimum absolute atomic E-state index is 0.0779. The van der Waals surface area contributed by atoms with Crippen LogP contribution in [0.1, 0.15) is 24.2 Å². The number of alkyl carbamates (subject to hydrolysis) is 1. The van der Waals surface area contributed by atoms with E-state index < -0.39 is 24.7 Å². The molecular formula is C13H16BrFN4O3S. The molecule has 0 aliphatic heterocycles. The summed E-state index contributed by atoms with van der Waals surface area (Å²) in [6.07, 6.45) is 0.726. The van der Waals surface area contributed by atoms with E-state index in [0.717, 1.165) is 0 Å². The fraction of sp³-hybridized carbons (Fsp3) is 0.385. The molecule has 1 atom stereocenters. The lowest BCUT2D eigenvalue weighted by atomic mass is 10.2. The lowest BCUT2D eigenvalue weighted by Crippen LogP contribution is -2.37. The average Bonchev–Trinajstić information content (AvgIpc) is 2.48. The Bertz CT molecular complexity index is 603. The van der Waals surface area contributed by atoms with E-state index in [1.165, 1.54) is 19.2 Å². The van der Waals surface area contributed by atoms with E-state index in [9.17, 15) is 14.0 Å². The van der Waals surface area contributed by atoms with Gasteiger partial charge < -0.3 is 15.4 Å². The molecule has 0 aromatic carbocycles. The number of thiocarbonyl (C=S) groups is 1. The quantitative estimate of drug-likeness (QED) is 0.650. The molecule has 126 valence electrons. The number of carbonyl (C=O) groups is 2. The number of carbonyl (C=O) groups excluding carboxylic acids is 2. The van der Waals surface area contributed by atoms with Crippen LogP contribution < -0.4 is 16.0 Å². The first-order chi connectivity index (χ1) is 10.9. The molecule has 10 heteroatoms. The maximum absolute atomic E-state index is 12.5. The number of alkyl halides is 1. The van der Waals surface area contributed by atoms with Gasteiger partial charge in [-0.15, -0.1) is 0 Å². The van der Waals surface area contributed by atoms with E-state index in [4.69, 9.17) is 12.2 Å². The van der Waals surface area contributed by atoms with Gasteiger partial charge >= 0.3 is 6.09 Å². The van der Waals surface area contributed by atoms with E-state index in [0.29, 0.717) is 4.47 Å². The molecule has 0 aliphatic carbocycles. The molecule has 23 heavy (non-hydrogen) atoms. The molecular weight excluding hydrogens is 391 g/mol. The molecule has 0 bridgehead atoms. The topological polar surface area (TPSA) is 92.3 Å². The first-order valence-electron chi connectivity index (χ1n) is 6.64. The number of hydrogen-bond acceptors (Lipinski definition) is 5. The number of anilines is 1. The van der Waals surface area contributed by atoms with Gasteiger partial charge in [0.15, 0.2) is 5.11 Å². The van der Waals surface area contributed by atoms with Crippen molar-refractivity contribution in [1.82, 2.24) is 15.6 Å². The summed E-state index contributed by atoms with van der Waals surface area (Å²) in [6, 6.07) is 0.863. The van der Waals surface area contributed by atoms with Gasteiger partial charge in [-0.3, -0.25) is 10.1 Å². The van der Waals surface area contributed by atoms with Gasteiger partial charge in [-0.2, -0.15) is 0 Å². The highest BCUT2D eigenvalue weighted by Gasteiger charge is 2.17. The summed E-state index contributed by atoms with van der Waals surface area (Å²) in [4.78, 5) is 27.5. The lowest BCUT2D eigenvalue weighted by molar-refractivity contribution is 0.0934. The summed E-state index contributed by atoms with van der Waals surface area (Å²) >= 11 is 8.16. The second-order valence-electron chi connectivity index (χ2n) is 4.38. The molecule has 3 N–H and O–H groups in total. The number of aromatic nitrogens is 1. The summed E-state index contributed by atoms with van der Waals surface area (Å²) in [5.41, 5.74) is 0.146. The van der Waals surface area contributed by atoms with Gasteiger partial charge in [-0.25, -0.2) is 14.2 Å². The highest BCUT2D eigenvalue weighted by molar-refractivity contribution is 9.10. The molecule has 1 rings (SSSR count). The van der Waals surface area contributed by atoms with Crippen LogP contribution in [0.2, 0.25) is 0 Å². The number of amides is 2. The Morgan fingerprint density at radius 3 is 2.83 bits per heavy atom.